The largest absolute Gasteiger partial charge is 0.338 e. The molecule has 3 fully saturated rings. The van der Waals surface area contributed by atoms with Crippen molar-refractivity contribution in [2.75, 3.05) is 45.8 Å². The van der Waals surface area contributed by atoms with Crippen molar-refractivity contribution in [2.24, 2.45) is 17.8 Å². The van der Waals surface area contributed by atoms with Gasteiger partial charge in [0.05, 0.1) is 11.5 Å². The molecule has 176 valence electrons. The fourth-order valence-electron chi connectivity index (χ4n) is 6.25. The first-order chi connectivity index (χ1) is 15.3. The van der Waals surface area contributed by atoms with Gasteiger partial charge >= 0.3 is 6.03 Å². The predicted molar refractivity (Wildman–Crippen MR) is 123 cm³/mol. The van der Waals surface area contributed by atoms with Crippen LogP contribution in [0.15, 0.2) is 24.3 Å². The van der Waals surface area contributed by atoms with Crippen molar-refractivity contribution in [3.8, 4) is 0 Å². The smallest absolute Gasteiger partial charge is 0.317 e. The normalized spacial score (nSPS) is 25.1. The monoisotopic (exact) mass is 444 g/mol. The molecule has 0 radical (unpaired) electrons. The molecule has 0 unspecified atom stereocenters. The van der Waals surface area contributed by atoms with Crippen LogP contribution >= 0.6 is 0 Å². The van der Waals surface area contributed by atoms with Gasteiger partial charge in [0.2, 0.25) is 5.91 Å². The molecule has 0 aromatic heterocycles. The average molecular weight is 445 g/mol. The average Bonchev–Trinajstić information content (AvgIpc) is 3.27. The van der Waals surface area contributed by atoms with Crippen molar-refractivity contribution in [3.05, 3.63) is 35.6 Å². The number of rotatable bonds is 6. The molecule has 32 heavy (non-hydrogen) atoms. The van der Waals surface area contributed by atoms with Gasteiger partial charge in [-0.15, -0.1) is 0 Å². The van der Waals surface area contributed by atoms with E-state index in [0.29, 0.717) is 43.8 Å². The van der Waals surface area contributed by atoms with Gasteiger partial charge in [-0.3, -0.25) is 4.79 Å². The summed E-state index contributed by atoms with van der Waals surface area (Å²) in [4.78, 5) is 32.4. The van der Waals surface area contributed by atoms with Crippen molar-refractivity contribution in [2.45, 2.75) is 45.6 Å². The molecule has 3 heterocycles. The predicted octanol–water partition coefficient (Wildman–Crippen LogP) is 2.98. The number of amides is 3. The van der Waals surface area contributed by atoms with E-state index in [2.05, 4.69) is 35.9 Å². The molecular formula is C25H37FN4O2. The molecule has 0 bridgehead atoms. The number of carbonyl (C=O) groups excluding carboxylic acids is 2. The number of hydrogen-bond donors (Lipinski definition) is 1. The Kier molecular flexibility index (Phi) is 6.75. The Morgan fingerprint density at radius 3 is 2.50 bits per heavy atom. The SMILES string of the molecule is CCN1C(=O)[C@@H]2CN(CC(C)C)C[C@@H]2C12CCN(C(=O)NCCc1ccc(F)cc1)CC2. The second-order valence-corrected chi connectivity index (χ2v) is 10.1. The maximum Gasteiger partial charge on any atom is 0.317 e. The Morgan fingerprint density at radius 1 is 1.19 bits per heavy atom. The van der Waals surface area contributed by atoms with Gasteiger partial charge in [0.25, 0.3) is 0 Å². The van der Waals surface area contributed by atoms with E-state index in [1.807, 2.05) is 4.90 Å². The van der Waals surface area contributed by atoms with E-state index >= 15 is 0 Å². The number of piperidine rings is 1. The molecule has 1 aromatic rings. The standard InChI is InChI=1S/C25H37FN4O2/c1-4-30-23(31)21-16-28(15-18(2)3)17-22(21)25(30)10-13-29(14-11-25)24(32)27-12-9-19-5-7-20(26)8-6-19/h5-8,18,21-22H,4,9-17H2,1-3H3,(H,27,32)/t21-,22+/m1/s1. The lowest BCUT2D eigenvalue weighted by Crippen LogP contribution is -2.58. The van der Waals surface area contributed by atoms with Gasteiger partial charge in [0, 0.05) is 51.7 Å². The first-order valence-electron chi connectivity index (χ1n) is 12.1. The molecule has 1 spiro atoms. The van der Waals surface area contributed by atoms with E-state index in [9.17, 15) is 14.0 Å². The van der Waals surface area contributed by atoms with Crippen LogP contribution in [0, 0.1) is 23.6 Å². The number of fused-ring (bicyclic) bond motifs is 2. The topological polar surface area (TPSA) is 55.9 Å². The summed E-state index contributed by atoms with van der Waals surface area (Å²) in [7, 11) is 0. The molecule has 0 saturated carbocycles. The van der Waals surface area contributed by atoms with Crippen molar-refractivity contribution in [1.82, 2.24) is 20.0 Å². The van der Waals surface area contributed by atoms with Crippen LogP contribution in [0.3, 0.4) is 0 Å². The van der Waals surface area contributed by atoms with E-state index in [0.717, 1.165) is 44.6 Å². The molecule has 3 saturated heterocycles. The lowest BCUT2D eigenvalue weighted by atomic mass is 9.75. The van der Waals surface area contributed by atoms with Crippen LogP contribution < -0.4 is 5.32 Å². The summed E-state index contributed by atoms with van der Waals surface area (Å²) in [6.07, 6.45) is 2.39. The van der Waals surface area contributed by atoms with Crippen molar-refractivity contribution < 1.29 is 14.0 Å². The maximum absolute atomic E-state index is 13.2. The Bertz CT molecular complexity index is 820. The fourth-order valence-corrected chi connectivity index (χ4v) is 6.25. The van der Waals surface area contributed by atoms with Crippen LogP contribution in [0.4, 0.5) is 9.18 Å². The Labute approximate surface area is 191 Å². The van der Waals surface area contributed by atoms with Crippen molar-refractivity contribution >= 4 is 11.9 Å². The van der Waals surface area contributed by atoms with Crippen LogP contribution in [0.25, 0.3) is 0 Å². The van der Waals surface area contributed by atoms with E-state index in [1.165, 1.54) is 12.1 Å². The zero-order valence-corrected chi connectivity index (χ0v) is 19.6. The van der Waals surface area contributed by atoms with E-state index in [4.69, 9.17) is 0 Å². The van der Waals surface area contributed by atoms with Crippen LogP contribution in [0.2, 0.25) is 0 Å². The molecule has 0 aliphatic carbocycles. The molecule has 3 amide bonds. The van der Waals surface area contributed by atoms with Gasteiger partial charge in [0.1, 0.15) is 5.82 Å². The summed E-state index contributed by atoms with van der Waals surface area (Å²) in [5.41, 5.74) is 0.901. The third-order valence-electron chi connectivity index (χ3n) is 7.67. The minimum atomic E-state index is -0.247. The summed E-state index contributed by atoms with van der Waals surface area (Å²) in [5.74, 6) is 1.16. The Hall–Kier alpha value is -2.15. The maximum atomic E-state index is 13.2. The molecule has 3 aliphatic rings. The van der Waals surface area contributed by atoms with Crippen molar-refractivity contribution in [1.29, 1.82) is 0 Å². The highest BCUT2D eigenvalue weighted by Crippen LogP contribution is 2.49. The number of halogens is 1. The number of benzene rings is 1. The first-order valence-corrected chi connectivity index (χ1v) is 12.1. The van der Waals surface area contributed by atoms with E-state index in [1.54, 1.807) is 12.1 Å². The van der Waals surface area contributed by atoms with Gasteiger partial charge in [-0.1, -0.05) is 26.0 Å². The molecule has 2 atom stereocenters. The lowest BCUT2D eigenvalue weighted by molar-refractivity contribution is -0.135. The number of carbonyl (C=O) groups is 2. The minimum absolute atomic E-state index is 0.0428. The molecule has 6 nitrogen and oxygen atoms in total. The van der Waals surface area contributed by atoms with Gasteiger partial charge in [-0.2, -0.15) is 0 Å². The molecule has 1 N–H and O–H groups in total. The highest BCUT2D eigenvalue weighted by Gasteiger charge is 2.61. The zero-order chi connectivity index (χ0) is 22.9. The van der Waals surface area contributed by atoms with Gasteiger partial charge in [-0.25, -0.2) is 9.18 Å². The third kappa shape index (κ3) is 4.36. The molecule has 4 rings (SSSR count). The van der Waals surface area contributed by atoms with Crippen LogP contribution in [-0.4, -0.2) is 78.0 Å². The summed E-state index contributed by atoms with van der Waals surface area (Å²) >= 11 is 0. The van der Waals surface area contributed by atoms with E-state index in [-0.39, 0.29) is 23.3 Å². The van der Waals surface area contributed by atoms with Crippen LogP contribution in [0.1, 0.15) is 39.2 Å². The second kappa shape index (κ2) is 9.38. The molecule has 3 aliphatic heterocycles. The third-order valence-corrected chi connectivity index (χ3v) is 7.67. The van der Waals surface area contributed by atoms with E-state index < -0.39 is 0 Å². The van der Waals surface area contributed by atoms with Gasteiger partial charge in [-0.05, 0) is 49.8 Å². The molecule has 7 heteroatoms. The second-order valence-electron chi connectivity index (χ2n) is 10.1. The van der Waals surface area contributed by atoms with Crippen LogP contribution in [-0.2, 0) is 11.2 Å². The number of urea groups is 1. The number of nitrogens with one attached hydrogen (secondary N) is 1. The summed E-state index contributed by atoms with van der Waals surface area (Å²) in [5, 5.41) is 3.01. The summed E-state index contributed by atoms with van der Waals surface area (Å²) in [6.45, 7) is 12.1. The van der Waals surface area contributed by atoms with Gasteiger partial charge in [0.15, 0.2) is 0 Å². The fraction of sp³-hybridized carbons (Fsp3) is 0.680. The number of nitrogens with zero attached hydrogens (tertiary/aromatic N) is 3. The first kappa shape index (κ1) is 23.0. The molecule has 1 aromatic carbocycles. The van der Waals surface area contributed by atoms with Gasteiger partial charge < -0.3 is 20.0 Å². The summed E-state index contributed by atoms with van der Waals surface area (Å²) in [6, 6.07) is 6.36. The highest BCUT2D eigenvalue weighted by atomic mass is 19.1. The zero-order valence-electron chi connectivity index (χ0n) is 19.6. The minimum Gasteiger partial charge on any atom is -0.338 e. The quantitative estimate of drug-likeness (QED) is 0.734. The summed E-state index contributed by atoms with van der Waals surface area (Å²) < 4.78 is 13.0. The lowest BCUT2D eigenvalue weighted by Gasteiger charge is -2.47. The molecular weight excluding hydrogens is 407 g/mol. The van der Waals surface area contributed by atoms with Crippen LogP contribution in [0.5, 0.6) is 0 Å². The highest BCUT2D eigenvalue weighted by molar-refractivity contribution is 5.84. The Morgan fingerprint density at radius 2 is 1.88 bits per heavy atom. The number of hydrogen-bond acceptors (Lipinski definition) is 3. The number of likely N-dealkylation sites (tertiary alicyclic amines) is 3. The van der Waals surface area contributed by atoms with Crippen molar-refractivity contribution in [3.63, 3.8) is 0 Å². The Balaban J connectivity index is 1.34.